The van der Waals surface area contributed by atoms with Crippen LogP contribution in [0.4, 0.5) is 5.69 Å². The fourth-order valence-electron chi connectivity index (χ4n) is 3.82. The van der Waals surface area contributed by atoms with Crippen molar-refractivity contribution in [1.82, 2.24) is 5.32 Å². The van der Waals surface area contributed by atoms with Crippen LogP contribution in [-0.4, -0.2) is 10.8 Å². The summed E-state index contributed by atoms with van der Waals surface area (Å²) in [6.07, 6.45) is 0.799. The summed E-state index contributed by atoms with van der Waals surface area (Å²) in [4.78, 5) is 2.09. The van der Waals surface area contributed by atoms with Gasteiger partial charge in [-0.2, -0.15) is 0 Å². The standard InChI is InChI=1S/C19H19ClN2OS/c1-11-6-12(2)8-14(7-11)22-18(24)21-16-10-19(22,3)23-17-5-4-13(20)9-15(16)17/h4-9,16H,10H2,1-3H3,(H,21,24). The van der Waals surface area contributed by atoms with Gasteiger partial charge in [0.25, 0.3) is 0 Å². The first-order valence-corrected chi connectivity index (χ1v) is 8.82. The molecular formula is C19H19ClN2OS. The molecule has 0 aliphatic carbocycles. The molecular weight excluding hydrogens is 340 g/mol. The Morgan fingerprint density at radius 3 is 2.62 bits per heavy atom. The smallest absolute Gasteiger partial charge is 0.188 e. The van der Waals surface area contributed by atoms with E-state index in [0.717, 1.165) is 23.4 Å². The van der Waals surface area contributed by atoms with E-state index >= 15 is 0 Å². The summed E-state index contributed by atoms with van der Waals surface area (Å²) in [5.41, 5.74) is 4.03. The Labute approximate surface area is 152 Å². The van der Waals surface area contributed by atoms with Crippen molar-refractivity contribution in [3.63, 3.8) is 0 Å². The minimum Gasteiger partial charge on any atom is -0.467 e. The number of fused-ring (bicyclic) bond motifs is 4. The van der Waals surface area contributed by atoms with Crippen molar-refractivity contribution >= 4 is 34.6 Å². The van der Waals surface area contributed by atoms with Gasteiger partial charge >= 0.3 is 0 Å². The molecule has 0 amide bonds. The van der Waals surface area contributed by atoms with Gasteiger partial charge < -0.3 is 10.1 Å². The topological polar surface area (TPSA) is 24.5 Å². The molecule has 1 fully saturated rings. The quantitative estimate of drug-likeness (QED) is 0.733. The van der Waals surface area contributed by atoms with Crippen LogP contribution in [0, 0.1) is 13.8 Å². The summed E-state index contributed by atoms with van der Waals surface area (Å²) in [6, 6.07) is 12.3. The lowest BCUT2D eigenvalue weighted by Crippen LogP contribution is -2.65. The van der Waals surface area contributed by atoms with E-state index in [9.17, 15) is 0 Å². The molecule has 124 valence electrons. The number of hydrogen-bond acceptors (Lipinski definition) is 2. The first kappa shape index (κ1) is 15.7. The number of benzene rings is 2. The van der Waals surface area contributed by atoms with Crippen molar-refractivity contribution in [3.05, 3.63) is 58.1 Å². The second kappa shape index (κ2) is 5.36. The van der Waals surface area contributed by atoms with Gasteiger partial charge in [-0.15, -0.1) is 0 Å². The van der Waals surface area contributed by atoms with E-state index in [2.05, 4.69) is 49.2 Å². The highest BCUT2D eigenvalue weighted by Crippen LogP contribution is 2.46. The molecule has 2 aromatic rings. The molecule has 2 bridgehead atoms. The number of aryl methyl sites for hydroxylation is 2. The number of ether oxygens (including phenoxy) is 1. The number of anilines is 1. The zero-order chi connectivity index (χ0) is 17.1. The molecule has 1 saturated heterocycles. The van der Waals surface area contributed by atoms with Crippen LogP contribution in [0.1, 0.15) is 36.1 Å². The van der Waals surface area contributed by atoms with Crippen molar-refractivity contribution in [2.24, 2.45) is 0 Å². The van der Waals surface area contributed by atoms with Crippen LogP contribution < -0.4 is 15.0 Å². The Kier molecular flexibility index (Phi) is 3.52. The van der Waals surface area contributed by atoms with Crippen molar-refractivity contribution in [2.75, 3.05) is 4.90 Å². The molecule has 0 spiro atoms. The van der Waals surface area contributed by atoms with E-state index in [-0.39, 0.29) is 6.04 Å². The van der Waals surface area contributed by atoms with Crippen LogP contribution in [0.2, 0.25) is 5.02 Å². The van der Waals surface area contributed by atoms with Crippen LogP contribution in [0.5, 0.6) is 5.75 Å². The monoisotopic (exact) mass is 358 g/mol. The molecule has 2 unspecified atom stereocenters. The lowest BCUT2D eigenvalue weighted by atomic mass is 9.90. The van der Waals surface area contributed by atoms with E-state index < -0.39 is 5.72 Å². The van der Waals surface area contributed by atoms with Crippen LogP contribution >= 0.6 is 23.8 Å². The lowest BCUT2D eigenvalue weighted by molar-refractivity contribution is 0.0498. The molecule has 0 radical (unpaired) electrons. The Hall–Kier alpha value is -1.78. The number of nitrogens with one attached hydrogen (secondary N) is 1. The van der Waals surface area contributed by atoms with Crippen molar-refractivity contribution < 1.29 is 4.74 Å². The molecule has 3 nitrogen and oxygen atoms in total. The molecule has 2 atom stereocenters. The zero-order valence-electron chi connectivity index (χ0n) is 13.9. The second-order valence-corrected chi connectivity index (χ2v) is 7.67. The van der Waals surface area contributed by atoms with E-state index in [1.165, 1.54) is 11.1 Å². The summed E-state index contributed by atoms with van der Waals surface area (Å²) >= 11 is 11.8. The highest BCUT2D eigenvalue weighted by Gasteiger charge is 2.48. The normalized spacial score (nSPS) is 24.9. The SMILES string of the molecule is Cc1cc(C)cc(N2C(=S)NC3CC2(C)Oc2ccc(Cl)cc23)c1. The first-order valence-electron chi connectivity index (χ1n) is 8.03. The van der Waals surface area contributed by atoms with Gasteiger partial charge in [0, 0.05) is 22.7 Å². The Morgan fingerprint density at radius 1 is 1.21 bits per heavy atom. The third kappa shape index (κ3) is 2.45. The van der Waals surface area contributed by atoms with Crippen LogP contribution in [-0.2, 0) is 0 Å². The van der Waals surface area contributed by atoms with E-state index in [0.29, 0.717) is 10.1 Å². The van der Waals surface area contributed by atoms with Gasteiger partial charge in [-0.1, -0.05) is 17.7 Å². The van der Waals surface area contributed by atoms with Crippen LogP contribution in [0.25, 0.3) is 0 Å². The van der Waals surface area contributed by atoms with Crippen molar-refractivity contribution in [3.8, 4) is 5.75 Å². The Morgan fingerprint density at radius 2 is 1.92 bits per heavy atom. The third-order valence-corrected chi connectivity index (χ3v) is 5.23. The molecule has 0 saturated carbocycles. The first-order chi connectivity index (χ1) is 11.4. The van der Waals surface area contributed by atoms with Gasteiger partial charge in [-0.25, -0.2) is 0 Å². The maximum atomic E-state index is 6.40. The fraction of sp³-hybridized carbons (Fsp3) is 0.316. The highest BCUT2D eigenvalue weighted by atomic mass is 35.5. The van der Waals surface area contributed by atoms with Gasteiger partial charge in [0.2, 0.25) is 0 Å². The largest absolute Gasteiger partial charge is 0.467 e. The predicted molar refractivity (Wildman–Crippen MR) is 102 cm³/mol. The van der Waals surface area contributed by atoms with Gasteiger partial charge in [-0.05, 0) is 74.4 Å². The molecule has 2 heterocycles. The molecule has 2 aliphatic heterocycles. The van der Waals surface area contributed by atoms with E-state index in [1.807, 2.05) is 18.2 Å². The van der Waals surface area contributed by atoms with Crippen LogP contribution in [0.3, 0.4) is 0 Å². The zero-order valence-corrected chi connectivity index (χ0v) is 15.5. The van der Waals surface area contributed by atoms with Crippen molar-refractivity contribution in [2.45, 2.75) is 39.0 Å². The van der Waals surface area contributed by atoms with Gasteiger partial charge in [-0.3, -0.25) is 4.90 Å². The van der Waals surface area contributed by atoms with Crippen molar-refractivity contribution in [1.29, 1.82) is 0 Å². The lowest BCUT2D eigenvalue weighted by Gasteiger charge is -2.52. The molecule has 2 aliphatic rings. The Bertz CT molecular complexity index is 833. The molecule has 2 aromatic carbocycles. The molecule has 0 aromatic heterocycles. The molecule has 1 N–H and O–H groups in total. The number of halogens is 1. The number of rotatable bonds is 1. The second-order valence-electron chi connectivity index (χ2n) is 6.85. The third-order valence-electron chi connectivity index (χ3n) is 4.70. The average molecular weight is 359 g/mol. The van der Waals surface area contributed by atoms with Gasteiger partial charge in [0.05, 0.1) is 6.04 Å². The van der Waals surface area contributed by atoms with E-state index in [1.54, 1.807) is 0 Å². The average Bonchev–Trinajstić information content (AvgIpc) is 2.46. The summed E-state index contributed by atoms with van der Waals surface area (Å²) < 4.78 is 6.40. The maximum absolute atomic E-state index is 6.40. The minimum absolute atomic E-state index is 0.118. The predicted octanol–water partition coefficient (Wildman–Crippen LogP) is 4.89. The Balaban J connectivity index is 1.82. The summed E-state index contributed by atoms with van der Waals surface area (Å²) in [7, 11) is 0. The number of thiocarbonyl (C=S) groups is 1. The van der Waals surface area contributed by atoms with Gasteiger partial charge in [0.1, 0.15) is 5.75 Å². The number of hydrogen-bond donors (Lipinski definition) is 1. The fourth-order valence-corrected chi connectivity index (χ4v) is 4.44. The molecule has 5 heteroatoms. The number of nitrogens with zero attached hydrogens (tertiary/aromatic N) is 1. The molecule has 24 heavy (non-hydrogen) atoms. The van der Waals surface area contributed by atoms with E-state index in [4.69, 9.17) is 28.6 Å². The van der Waals surface area contributed by atoms with Gasteiger partial charge in [0.15, 0.2) is 10.8 Å². The maximum Gasteiger partial charge on any atom is 0.188 e. The molecule has 4 rings (SSSR count). The summed E-state index contributed by atoms with van der Waals surface area (Å²) in [5.74, 6) is 0.863. The summed E-state index contributed by atoms with van der Waals surface area (Å²) in [5, 5.41) is 4.86. The summed E-state index contributed by atoms with van der Waals surface area (Å²) in [6.45, 7) is 6.30. The van der Waals surface area contributed by atoms with Crippen LogP contribution in [0.15, 0.2) is 36.4 Å². The highest BCUT2D eigenvalue weighted by molar-refractivity contribution is 7.80. The minimum atomic E-state index is -0.520.